The Morgan fingerprint density at radius 2 is 1.69 bits per heavy atom. The van der Waals surface area contributed by atoms with E-state index in [9.17, 15) is 23.3 Å². The zero-order chi connectivity index (χ0) is 24.1. The molecule has 0 aliphatic heterocycles. The number of carbonyl (C=O) groups excluding carboxylic acids is 2. The number of ether oxygens (including phenoxy) is 2. The van der Waals surface area contributed by atoms with E-state index in [1.54, 1.807) is 41.5 Å². The molecule has 0 N–H and O–H groups in total. The Balaban J connectivity index is 2.04. The zero-order valence-corrected chi connectivity index (χ0v) is 19.8. The highest BCUT2D eigenvalue weighted by molar-refractivity contribution is 7.89. The van der Waals surface area contributed by atoms with Crippen LogP contribution in [0.4, 0.5) is 9.59 Å². The highest BCUT2D eigenvalue weighted by Gasteiger charge is 2.44. The van der Waals surface area contributed by atoms with Crippen molar-refractivity contribution in [1.29, 1.82) is 5.26 Å². The van der Waals surface area contributed by atoms with E-state index in [2.05, 4.69) is 0 Å². The summed E-state index contributed by atoms with van der Waals surface area (Å²) in [5, 5.41) is 10.3. The lowest BCUT2D eigenvalue weighted by molar-refractivity contribution is 0.0381. The number of aromatic nitrogens is 1. The number of carbonyl (C=O) groups is 2. The van der Waals surface area contributed by atoms with Gasteiger partial charge in [0.1, 0.15) is 23.0 Å². The zero-order valence-electron chi connectivity index (χ0n) is 19.0. The standard InChI is InChI=1S/C22H27N3O6S/c1-21(2,3)30-19(26)24-13-14-11-16(9-10-17(14)18(24)12-23)32(28,29)25(15-7-8-15)20(27)31-22(4,5)6/h9-11,13,15H,7-8H2,1-6H3. The normalized spacial score (nSPS) is 14.7. The van der Waals surface area contributed by atoms with Crippen molar-refractivity contribution in [2.24, 2.45) is 0 Å². The Morgan fingerprint density at radius 3 is 2.19 bits per heavy atom. The minimum Gasteiger partial charge on any atom is -0.443 e. The largest absolute Gasteiger partial charge is 0.443 e. The fraction of sp³-hybridized carbons (Fsp3) is 0.500. The van der Waals surface area contributed by atoms with Crippen LogP contribution in [0.3, 0.4) is 0 Å². The first kappa shape index (κ1) is 23.6. The molecule has 0 unspecified atom stereocenters. The first-order chi connectivity index (χ1) is 14.6. The molecule has 1 aromatic heterocycles. The molecule has 9 nitrogen and oxygen atoms in total. The Labute approximate surface area is 187 Å². The minimum absolute atomic E-state index is 0.0318. The van der Waals surface area contributed by atoms with E-state index < -0.39 is 39.5 Å². The second kappa shape index (κ2) is 7.81. The van der Waals surface area contributed by atoms with Gasteiger partial charge >= 0.3 is 12.2 Å². The third-order valence-corrected chi connectivity index (χ3v) is 6.31. The molecule has 3 rings (SSSR count). The summed E-state index contributed by atoms with van der Waals surface area (Å²) >= 11 is 0. The van der Waals surface area contributed by atoms with Gasteiger partial charge in [-0.3, -0.25) is 0 Å². The summed E-state index contributed by atoms with van der Waals surface area (Å²) in [6, 6.07) is 5.62. The second-order valence-corrected chi connectivity index (χ2v) is 11.5. The molecule has 2 aromatic rings. The van der Waals surface area contributed by atoms with Crippen molar-refractivity contribution in [2.75, 3.05) is 0 Å². The topological polar surface area (TPSA) is 119 Å². The number of sulfonamides is 1. The van der Waals surface area contributed by atoms with Gasteiger partial charge in [-0.15, -0.1) is 0 Å². The number of nitriles is 1. The molecule has 0 saturated heterocycles. The number of benzene rings is 1. The predicted octanol–water partition coefficient (Wildman–Crippen LogP) is 4.38. The molecule has 1 amide bonds. The van der Waals surface area contributed by atoms with Gasteiger partial charge in [0.2, 0.25) is 0 Å². The quantitative estimate of drug-likeness (QED) is 0.665. The van der Waals surface area contributed by atoms with Gasteiger partial charge in [0.15, 0.2) is 0 Å². The van der Waals surface area contributed by atoms with Crippen molar-refractivity contribution in [3.05, 3.63) is 30.1 Å². The second-order valence-electron chi connectivity index (χ2n) is 9.70. The monoisotopic (exact) mass is 461 g/mol. The lowest BCUT2D eigenvalue weighted by atomic mass is 10.2. The molecule has 1 aliphatic rings. The fourth-order valence-corrected chi connectivity index (χ4v) is 4.68. The van der Waals surface area contributed by atoms with Crippen molar-refractivity contribution < 1.29 is 27.5 Å². The number of rotatable bonds is 3. The minimum atomic E-state index is -4.21. The molecule has 0 radical (unpaired) electrons. The molecule has 1 saturated carbocycles. The molecule has 0 bridgehead atoms. The average molecular weight is 462 g/mol. The Morgan fingerprint density at radius 1 is 1.09 bits per heavy atom. The van der Waals surface area contributed by atoms with Crippen LogP contribution < -0.4 is 0 Å². The van der Waals surface area contributed by atoms with Crippen LogP contribution in [0.2, 0.25) is 0 Å². The van der Waals surface area contributed by atoms with Crippen molar-refractivity contribution in [3.8, 4) is 6.07 Å². The maximum Gasteiger partial charge on any atom is 0.424 e. The summed E-state index contributed by atoms with van der Waals surface area (Å²) in [5.41, 5.74) is -1.59. The van der Waals surface area contributed by atoms with Crippen LogP contribution in [-0.2, 0) is 19.5 Å². The van der Waals surface area contributed by atoms with E-state index in [4.69, 9.17) is 9.47 Å². The molecule has 1 fully saturated rings. The molecule has 32 heavy (non-hydrogen) atoms. The Kier molecular flexibility index (Phi) is 5.76. The lowest BCUT2D eigenvalue weighted by Gasteiger charge is -2.27. The molecule has 10 heteroatoms. The number of amides is 1. The van der Waals surface area contributed by atoms with Crippen LogP contribution in [-0.4, -0.2) is 46.7 Å². The fourth-order valence-electron chi connectivity index (χ4n) is 3.10. The van der Waals surface area contributed by atoms with Gasteiger partial charge in [0, 0.05) is 17.0 Å². The molecule has 0 spiro atoms. The van der Waals surface area contributed by atoms with E-state index in [0.29, 0.717) is 23.6 Å². The molecule has 172 valence electrons. The Hall–Kier alpha value is -3.06. The highest BCUT2D eigenvalue weighted by Crippen LogP contribution is 2.35. The van der Waals surface area contributed by atoms with E-state index in [-0.39, 0.29) is 10.6 Å². The van der Waals surface area contributed by atoms with Crippen molar-refractivity contribution in [1.82, 2.24) is 8.87 Å². The van der Waals surface area contributed by atoms with Crippen molar-refractivity contribution in [3.63, 3.8) is 0 Å². The lowest BCUT2D eigenvalue weighted by Crippen LogP contribution is -2.42. The summed E-state index contributed by atoms with van der Waals surface area (Å²) in [7, 11) is -4.21. The first-order valence-electron chi connectivity index (χ1n) is 10.2. The molecule has 1 heterocycles. The maximum absolute atomic E-state index is 13.3. The first-order valence-corrected chi connectivity index (χ1v) is 11.6. The van der Waals surface area contributed by atoms with E-state index in [1.807, 2.05) is 6.07 Å². The van der Waals surface area contributed by atoms with Gasteiger partial charge in [-0.05, 0) is 66.5 Å². The summed E-state index contributed by atoms with van der Waals surface area (Å²) in [6.07, 6.45) is 0.811. The summed E-state index contributed by atoms with van der Waals surface area (Å²) in [6.45, 7) is 10.1. The van der Waals surface area contributed by atoms with Gasteiger partial charge in [-0.1, -0.05) is 6.07 Å². The van der Waals surface area contributed by atoms with Crippen LogP contribution >= 0.6 is 0 Å². The maximum atomic E-state index is 13.3. The van der Waals surface area contributed by atoms with E-state index >= 15 is 0 Å². The van der Waals surface area contributed by atoms with Gasteiger partial charge in [0.05, 0.1) is 10.9 Å². The van der Waals surface area contributed by atoms with Gasteiger partial charge < -0.3 is 9.47 Å². The number of fused-ring (bicyclic) bond motifs is 1. The number of hydrogen-bond acceptors (Lipinski definition) is 7. The summed E-state index contributed by atoms with van der Waals surface area (Å²) in [4.78, 5) is 25.1. The average Bonchev–Trinajstić information content (AvgIpc) is 3.36. The molecular formula is C22H27N3O6S. The smallest absolute Gasteiger partial charge is 0.424 e. The van der Waals surface area contributed by atoms with Crippen molar-refractivity contribution in [2.45, 2.75) is 76.5 Å². The molecule has 1 aromatic carbocycles. The van der Waals surface area contributed by atoms with Crippen LogP contribution in [0.1, 0.15) is 60.1 Å². The number of hydrogen-bond donors (Lipinski definition) is 0. The molecule has 0 atom stereocenters. The van der Waals surface area contributed by atoms with Crippen LogP contribution in [0, 0.1) is 11.3 Å². The van der Waals surface area contributed by atoms with Gasteiger partial charge in [-0.25, -0.2) is 22.6 Å². The molecular weight excluding hydrogens is 434 g/mol. The van der Waals surface area contributed by atoms with Gasteiger partial charge in [0.25, 0.3) is 10.0 Å². The Bertz CT molecular complexity index is 1220. The summed E-state index contributed by atoms with van der Waals surface area (Å²) < 4.78 is 39.1. The van der Waals surface area contributed by atoms with Gasteiger partial charge in [-0.2, -0.15) is 9.57 Å². The van der Waals surface area contributed by atoms with Crippen LogP contribution in [0.5, 0.6) is 0 Å². The predicted molar refractivity (Wildman–Crippen MR) is 117 cm³/mol. The third kappa shape index (κ3) is 4.88. The third-order valence-electron chi connectivity index (χ3n) is 4.49. The van der Waals surface area contributed by atoms with Crippen molar-refractivity contribution >= 4 is 33.0 Å². The van der Waals surface area contributed by atoms with E-state index in [0.717, 1.165) is 8.87 Å². The molecule has 1 aliphatic carbocycles. The SMILES string of the molecule is CC(C)(C)OC(=O)N(C1CC1)S(=O)(=O)c1ccc2c(C#N)n(C(=O)OC(C)(C)C)cc2c1. The van der Waals surface area contributed by atoms with E-state index in [1.165, 1.54) is 24.4 Å². The summed E-state index contributed by atoms with van der Waals surface area (Å²) in [5.74, 6) is 0. The highest BCUT2D eigenvalue weighted by atomic mass is 32.2. The van der Waals surface area contributed by atoms with Crippen LogP contribution in [0.25, 0.3) is 10.8 Å². The van der Waals surface area contributed by atoms with Crippen LogP contribution in [0.15, 0.2) is 29.3 Å². The number of nitrogens with zero attached hydrogens (tertiary/aromatic N) is 3.